The molecule has 0 unspecified atom stereocenters. The summed E-state index contributed by atoms with van der Waals surface area (Å²) in [4.78, 5) is 32.7. The molecule has 18 atom stereocenters. The van der Waals surface area contributed by atoms with Gasteiger partial charge < -0.3 is 63.8 Å². The number of hydrogen-bond acceptors (Lipinski definition) is 15. The quantitative estimate of drug-likeness (QED) is 0.0342. The van der Waals surface area contributed by atoms with Gasteiger partial charge in [-0.15, -0.1) is 0 Å². The number of ether oxygens (including phenoxy) is 6. The summed E-state index contributed by atoms with van der Waals surface area (Å²) in [6.45, 7) is 22.8. The van der Waals surface area contributed by atoms with Crippen LogP contribution >= 0.6 is 7.26 Å². The van der Waals surface area contributed by atoms with Crippen molar-refractivity contribution in [3.63, 3.8) is 0 Å². The lowest BCUT2D eigenvalue weighted by molar-refractivity contribution is -0.301. The lowest BCUT2D eigenvalue weighted by Gasteiger charge is -2.47. The standard InChI is InChI=1S/C68H112N4O13P/c1-16-56-61(76)59(74)49(6)71(57(73)36-30-22-20-18-17-19-21-23-31-37-86(51-32-26-24-27-33-51,52-34-28-25-29-35-52)53-41-69-72(43-53)66(8,9)10)42-45(2)39-67(11,79)54(44-81-65-60(75)55(70(13)14)38-46(3)82-65)47(4)62(48(5)64(78)84-56)85-58-40-68(12,80-15)63(77)50(7)83-58/h24-29,32-35,41,43,45-50,54-56,58-63,65,74-77,79H,16-23,30-31,36-40,42,44H2,1-15H3/q+1/t45-,46-,47-,48-,49-,50+,54-,55+,56-,58+,59-,60-,61-,62+,63+,65-,67-,68-/m1/s1. The number of hydrogen-bond donors (Lipinski definition) is 5. The molecule has 17 nitrogen and oxygen atoms in total. The predicted molar refractivity (Wildman–Crippen MR) is 340 cm³/mol. The fraction of sp³-hybridized carbons (Fsp3) is 0.750. The topological polar surface area (TPSA) is 215 Å². The van der Waals surface area contributed by atoms with E-state index in [0.29, 0.717) is 12.8 Å². The number of carbonyl (C=O) groups excluding carboxylic acids is 2. The fourth-order valence-electron chi connectivity index (χ4n) is 13.8. The minimum atomic E-state index is -1.98. The molecule has 0 aliphatic carbocycles. The van der Waals surface area contributed by atoms with Gasteiger partial charge in [-0.25, -0.2) is 0 Å². The van der Waals surface area contributed by atoms with Gasteiger partial charge in [-0.3, -0.25) is 14.3 Å². The molecule has 3 aromatic rings. The summed E-state index contributed by atoms with van der Waals surface area (Å²) >= 11 is 0. The van der Waals surface area contributed by atoms with Crippen LogP contribution in [0.25, 0.3) is 0 Å². The van der Waals surface area contributed by atoms with Gasteiger partial charge in [0.05, 0.1) is 72.2 Å². The maximum atomic E-state index is 14.6. The van der Waals surface area contributed by atoms with E-state index in [0.717, 1.165) is 57.5 Å². The van der Waals surface area contributed by atoms with Crippen molar-refractivity contribution < 1.29 is 63.5 Å². The highest BCUT2D eigenvalue weighted by Gasteiger charge is 2.51. The monoisotopic (exact) mass is 1220 g/mol. The van der Waals surface area contributed by atoms with Gasteiger partial charge in [0.2, 0.25) is 5.91 Å². The molecule has 18 heteroatoms. The molecule has 486 valence electrons. The Balaban J connectivity index is 1.13. The van der Waals surface area contributed by atoms with Gasteiger partial charge in [-0.1, -0.05) is 95.7 Å². The maximum absolute atomic E-state index is 14.6. The first kappa shape index (κ1) is 71.7. The molecule has 0 saturated carbocycles. The zero-order valence-corrected chi connectivity index (χ0v) is 55.8. The molecule has 86 heavy (non-hydrogen) atoms. The molecule has 3 fully saturated rings. The van der Waals surface area contributed by atoms with Crippen LogP contribution in [-0.4, -0.2) is 182 Å². The van der Waals surface area contributed by atoms with Crippen molar-refractivity contribution in [1.82, 2.24) is 19.6 Å². The number of unbranched alkanes of at least 4 members (excludes halogenated alkanes) is 8. The molecule has 0 spiro atoms. The average molecular weight is 1220 g/mol. The Morgan fingerprint density at radius 2 is 1.38 bits per heavy atom. The van der Waals surface area contributed by atoms with Crippen molar-refractivity contribution in [3.05, 3.63) is 73.1 Å². The van der Waals surface area contributed by atoms with Crippen LogP contribution in [-0.2, 0) is 43.5 Å². The smallest absolute Gasteiger partial charge is 0.311 e. The SMILES string of the molecule is CC[C@H]1OC(=O)[C@H](C)[C@@H](O[C@H]2C[C@@](C)(OC)[C@@H](O)[C@H](C)O2)[C@H](C)[C@@H](CO[C@@H]2O[C@H](C)C[C@H](N(C)C)[C@H]2O)[C@](C)(O)C[C@@H](C)CN(C(=O)CCCCCCCCCCC[P+](c2ccccc2)(c2ccccc2)c2cnn(C(C)(C)C)c2)[C@H](C)[C@@H](O)[C@@H]1O. The van der Waals surface area contributed by atoms with Gasteiger partial charge in [-0.2, -0.15) is 5.10 Å². The van der Waals surface area contributed by atoms with Crippen molar-refractivity contribution in [1.29, 1.82) is 0 Å². The molecule has 6 rings (SSSR count). The Bertz CT molecular complexity index is 2460. The largest absolute Gasteiger partial charge is 0.459 e. The van der Waals surface area contributed by atoms with E-state index in [-0.39, 0.29) is 68.3 Å². The van der Waals surface area contributed by atoms with Gasteiger partial charge in [0.1, 0.15) is 53.7 Å². The third-order valence-corrected chi connectivity index (χ3v) is 23.7. The second-order valence-electron chi connectivity index (χ2n) is 27.5. The highest BCUT2D eigenvalue weighted by atomic mass is 31.2. The van der Waals surface area contributed by atoms with Crippen molar-refractivity contribution in [3.8, 4) is 0 Å². The van der Waals surface area contributed by atoms with Crippen LogP contribution in [0.4, 0.5) is 0 Å². The van der Waals surface area contributed by atoms with E-state index in [1.54, 1.807) is 46.4 Å². The Labute approximate surface area is 516 Å². The normalized spacial score (nSPS) is 33.9. The minimum Gasteiger partial charge on any atom is -0.459 e. The van der Waals surface area contributed by atoms with Crippen molar-refractivity contribution in [2.75, 3.05) is 40.5 Å². The molecule has 3 aliphatic rings. The molecule has 4 heterocycles. The highest BCUT2D eigenvalue weighted by molar-refractivity contribution is 7.95. The molecule has 5 N–H and O–H groups in total. The number of aliphatic hydroxyl groups excluding tert-OH is 4. The van der Waals surface area contributed by atoms with Crippen LogP contribution in [0.2, 0.25) is 0 Å². The van der Waals surface area contributed by atoms with Crippen LogP contribution in [0.3, 0.4) is 0 Å². The molecule has 2 aromatic carbocycles. The van der Waals surface area contributed by atoms with Crippen molar-refractivity contribution >= 4 is 35.1 Å². The second kappa shape index (κ2) is 32.0. The number of aliphatic hydroxyl groups is 5. The maximum Gasteiger partial charge on any atom is 0.311 e. The number of carbonyl (C=O) groups is 2. The summed E-state index contributed by atoms with van der Waals surface area (Å²) in [7, 11) is 3.34. The van der Waals surface area contributed by atoms with Crippen LogP contribution in [0, 0.1) is 23.7 Å². The van der Waals surface area contributed by atoms with Gasteiger partial charge in [0, 0.05) is 38.5 Å². The number of esters is 1. The van der Waals surface area contributed by atoms with Crippen molar-refractivity contribution in [2.24, 2.45) is 23.7 Å². The molecule has 1 amide bonds. The Kier molecular flexibility index (Phi) is 26.7. The van der Waals surface area contributed by atoms with E-state index < -0.39 is 104 Å². The molecular formula is C68H112N4O13P+. The first-order valence-corrected chi connectivity index (χ1v) is 34.4. The van der Waals surface area contributed by atoms with Crippen LogP contribution in [0.1, 0.15) is 173 Å². The van der Waals surface area contributed by atoms with E-state index in [1.165, 1.54) is 23.0 Å². The summed E-state index contributed by atoms with van der Waals surface area (Å²) in [5, 5.41) is 68.6. The van der Waals surface area contributed by atoms with Gasteiger partial charge in [0.15, 0.2) is 12.6 Å². The number of nitrogens with zero attached hydrogens (tertiary/aromatic N) is 4. The van der Waals surface area contributed by atoms with E-state index in [1.807, 2.05) is 39.8 Å². The number of benzene rings is 2. The minimum absolute atomic E-state index is 0.112. The number of likely N-dealkylation sites (N-methyl/N-ethyl adjacent to an activating group) is 1. The number of methoxy groups -OCH3 is 1. The summed E-state index contributed by atoms with van der Waals surface area (Å²) in [6.07, 6.45) is 5.91. The van der Waals surface area contributed by atoms with E-state index >= 15 is 0 Å². The molecule has 3 aliphatic heterocycles. The van der Waals surface area contributed by atoms with Gasteiger partial charge >= 0.3 is 5.97 Å². The zero-order chi connectivity index (χ0) is 63.3. The lowest BCUT2D eigenvalue weighted by atomic mass is 9.72. The first-order chi connectivity index (χ1) is 40.6. The molecular weight excluding hydrogens is 1110 g/mol. The average Bonchev–Trinajstić information content (AvgIpc) is 1.54. The van der Waals surface area contributed by atoms with Crippen LogP contribution < -0.4 is 15.9 Å². The van der Waals surface area contributed by atoms with Gasteiger partial charge in [0.25, 0.3) is 0 Å². The summed E-state index contributed by atoms with van der Waals surface area (Å²) in [6, 6.07) is 20.9. The Hall–Kier alpha value is -3.42. The van der Waals surface area contributed by atoms with Crippen LogP contribution in [0.5, 0.6) is 0 Å². The van der Waals surface area contributed by atoms with E-state index in [9.17, 15) is 35.1 Å². The molecule has 0 radical (unpaired) electrons. The van der Waals surface area contributed by atoms with E-state index in [4.69, 9.17) is 33.5 Å². The summed E-state index contributed by atoms with van der Waals surface area (Å²) < 4.78 is 39.9. The highest BCUT2D eigenvalue weighted by Crippen LogP contribution is 2.56. The number of aromatic nitrogens is 2. The first-order valence-electron chi connectivity index (χ1n) is 32.4. The predicted octanol–water partition coefficient (Wildman–Crippen LogP) is 8.50. The second-order valence-corrected chi connectivity index (χ2v) is 31.1. The third kappa shape index (κ3) is 18.0. The summed E-state index contributed by atoms with van der Waals surface area (Å²) in [5.41, 5.74) is -2.73. The lowest BCUT2D eigenvalue weighted by Crippen LogP contribution is -2.58. The third-order valence-electron chi connectivity index (χ3n) is 19.3. The summed E-state index contributed by atoms with van der Waals surface area (Å²) in [5.74, 6) is -3.71. The van der Waals surface area contributed by atoms with Crippen molar-refractivity contribution in [2.45, 2.75) is 263 Å². The molecule has 0 bridgehead atoms. The number of amides is 1. The number of cyclic esters (lactones) is 1. The Morgan fingerprint density at radius 1 is 0.802 bits per heavy atom. The Morgan fingerprint density at radius 3 is 1.93 bits per heavy atom. The zero-order valence-electron chi connectivity index (χ0n) is 54.9. The molecule has 3 saturated heterocycles. The number of rotatable bonds is 23. The van der Waals surface area contributed by atoms with E-state index in [2.05, 4.69) is 98.5 Å². The molecule has 1 aromatic heterocycles. The van der Waals surface area contributed by atoms with Gasteiger partial charge in [-0.05, 0) is 151 Å². The fourth-order valence-corrected chi connectivity index (χ4v) is 18.1. The van der Waals surface area contributed by atoms with Crippen LogP contribution in [0.15, 0.2) is 73.1 Å².